The van der Waals surface area contributed by atoms with E-state index in [9.17, 15) is 9.90 Å². The van der Waals surface area contributed by atoms with Crippen LogP contribution in [0.1, 0.15) is 18.6 Å². The molecule has 0 aliphatic carbocycles. The number of carbonyl (C=O) groups excluding carboxylic acids is 1. The number of benzene rings is 1. The van der Waals surface area contributed by atoms with Crippen LogP contribution in [0, 0.1) is 0 Å². The van der Waals surface area contributed by atoms with E-state index in [2.05, 4.69) is 15.5 Å². The minimum Gasteiger partial charge on any atom is -0.389 e. The van der Waals surface area contributed by atoms with Crippen molar-refractivity contribution in [2.24, 2.45) is 0 Å². The average molecular weight is 295 g/mol. The van der Waals surface area contributed by atoms with Gasteiger partial charge in [0.05, 0.1) is 12.7 Å². The molecule has 1 rings (SSSR count). The zero-order chi connectivity index (χ0) is 15.7. The van der Waals surface area contributed by atoms with Gasteiger partial charge in [0.2, 0.25) is 0 Å². The number of hydrogen-bond acceptors (Lipinski definition) is 4. The summed E-state index contributed by atoms with van der Waals surface area (Å²) in [5.74, 6) is 0. The fourth-order valence-electron chi connectivity index (χ4n) is 1.74. The summed E-state index contributed by atoms with van der Waals surface area (Å²) >= 11 is 0. The lowest BCUT2D eigenvalue weighted by Gasteiger charge is -2.16. The van der Waals surface area contributed by atoms with Crippen LogP contribution in [-0.2, 0) is 4.74 Å². The van der Waals surface area contributed by atoms with Crippen molar-refractivity contribution in [2.75, 3.05) is 45.7 Å². The Morgan fingerprint density at radius 1 is 1.33 bits per heavy atom. The average Bonchev–Trinajstić information content (AvgIpc) is 2.45. The van der Waals surface area contributed by atoms with Crippen LogP contribution < -0.4 is 10.6 Å². The van der Waals surface area contributed by atoms with E-state index in [0.29, 0.717) is 18.8 Å². The smallest absolute Gasteiger partial charge is 0.319 e. The van der Waals surface area contributed by atoms with Gasteiger partial charge in [0.1, 0.15) is 0 Å². The second kappa shape index (κ2) is 9.33. The maximum Gasteiger partial charge on any atom is 0.319 e. The summed E-state index contributed by atoms with van der Waals surface area (Å²) in [6.45, 7) is 4.55. The number of carbonyl (C=O) groups is 1. The van der Waals surface area contributed by atoms with Gasteiger partial charge in [-0.05, 0) is 31.7 Å². The molecule has 21 heavy (non-hydrogen) atoms. The van der Waals surface area contributed by atoms with Crippen LogP contribution in [0.4, 0.5) is 10.5 Å². The third-order valence-electron chi connectivity index (χ3n) is 3.11. The van der Waals surface area contributed by atoms with E-state index in [1.807, 2.05) is 7.05 Å². The Balaban J connectivity index is 2.27. The molecule has 0 aliphatic heterocycles. The Kier molecular flexibility index (Phi) is 7.74. The molecule has 1 atom stereocenters. The standard InChI is InChI=1S/C15H25N3O3/c1-12(19)13-4-6-14(7-5-13)17-15(20)16-8-9-18(2)10-11-21-3/h4-7,12,19H,8-11H2,1-3H3,(H2,16,17,20). The van der Waals surface area contributed by atoms with Gasteiger partial charge in [-0.3, -0.25) is 0 Å². The summed E-state index contributed by atoms with van der Waals surface area (Å²) in [5, 5.41) is 15.0. The fraction of sp³-hybridized carbons (Fsp3) is 0.533. The van der Waals surface area contributed by atoms with Gasteiger partial charge in [-0.25, -0.2) is 4.79 Å². The van der Waals surface area contributed by atoms with E-state index >= 15 is 0 Å². The van der Waals surface area contributed by atoms with Crippen LogP contribution >= 0.6 is 0 Å². The van der Waals surface area contributed by atoms with E-state index in [4.69, 9.17) is 4.74 Å². The van der Waals surface area contributed by atoms with Crippen molar-refractivity contribution < 1.29 is 14.6 Å². The Morgan fingerprint density at radius 2 is 2.00 bits per heavy atom. The first-order valence-electron chi connectivity index (χ1n) is 7.03. The molecule has 0 saturated heterocycles. The number of aliphatic hydroxyl groups is 1. The zero-order valence-electron chi connectivity index (χ0n) is 12.9. The third kappa shape index (κ3) is 7.08. The van der Waals surface area contributed by atoms with Crippen molar-refractivity contribution in [3.05, 3.63) is 29.8 Å². The van der Waals surface area contributed by atoms with Crippen molar-refractivity contribution in [3.63, 3.8) is 0 Å². The number of rotatable bonds is 8. The van der Waals surface area contributed by atoms with Gasteiger partial charge in [-0.2, -0.15) is 0 Å². The first kappa shape index (κ1) is 17.4. The Bertz CT molecular complexity index is 421. The molecule has 3 N–H and O–H groups in total. The molecule has 1 aromatic carbocycles. The van der Waals surface area contributed by atoms with E-state index < -0.39 is 6.10 Å². The topological polar surface area (TPSA) is 73.8 Å². The van der Waals surface area contributed by atoms with E-state index in [1.54, 1.807) is 38.3 Å². The highest BCUT2D eigenvalue weighted by Gasteiger charge is 2.04. The van der Waals surface area contributed by atoms with Gasteiger partial charge in [0, 0.05) is 32.4 Å². The van der Waals surface area contributed by atoms with Crippen molar-refractivity contribution in [1.29, 1.82) is 0 Å². The summed E-state index contributed by atoms with van der Waals surface area (Å²) in [6.07, 6.45) is -0.504. The Hall–Kier alpha value is -1.63. The van der Waals surface area contributed by atoms with Gasteiger partial charge >= 0.3 is 6.03 Å². The number of methoxy groups -OCH3 is 1. The normalized spacial score (nSPS) is 12.2. The molecule has 0 radical (unpaired) electrons. The second-order valence-electron chi connectivity index (χ2n) is 4.97. The van der Waals surface area contributed by atoms with Gasteiger partial charge in [0.25, 0.3) is 0 Å². The molecule has 0 fully saturated rings. The van der Waals surface area contributed by atoms with Gasteiger partial charge in [-0.15, -0.1) is 0 Å². The number of anilines is 1. The van der Waals surface area contributed by atoms with E-state index in [0.717, 1.165) is 18.7 Å². The number of nitrogens with one attached hydrogen (secondary N) is 2. The summed E-state index contributed by atoms with van der Waals surface area (Å²) in [5.41, 5.74) is 1.52. The fourth-order valence-corrected chi connectivity index (χ4v) is 1.74. The van der Waals surface area contributed by atoms with Gasteiger partial charge in [-0.1, -0.05) is 12.1 Å². The Labute approximate surface area is 126 Å². The lowest BCUT2D eigenvalue weighted by Crippen LogP contribution is -2.36. The maximum absolute atomic E-state index is 11.7. The summed E-state index contributed by atoms with van der Waals surface area (Å²) in [4.78, 5) is 13.8. The maximum atomic E-state index is 11.7. The summed E-state index contributed by atoms with van der Waals surface area (Å²) < 4.78 is 4.99. The monoisotopic (exact) mass is 295 g/mol. The van der Waals surface area contributed by atoms with Crippen LogP contribution in [0.5, 0.6) is 0 Å². The molecule has 1 aromatic rings. The number of hydrogen-bond donors (Lipinski definition) is 3. The molecular weight excluding hydrogens is 270 g/mol. The highest BCUT2D eigenvalue weighted by atomic mass is 16.5. The van der Waals surface area contributed by atoms with Crippen LogP contribution in [0.2, 0.25) is 0 Å². The number of aliphatic hydroxyl groups excluding tert-OH is 1. The molecule has 118 valence electrons. The number of amides is 2. The zero-order valence-corrected chi connectivity index (χ0v) is 12.9. The number of likely N-dealkylation sites (N-methyl/N-ethyl adjacent to an activating group) is 1. The SMILES string of the molecule is COCCN(C)CCNC(=O)Nc1ccc(C(C)O)cc1. The molecule has 0 saturated carbocycles. The van der Waals surface area contributed by atoms with E-state index in [1.165, 1.54) is 0 Å². The largest absolute Gasteiger partial charge is 0.389 e. The lowest BCUT2D eigenvalue weighted by atomic mass is 10.1. The van der Waals surface area contributed by atoms with Gasteiger partial charge < -0.3 is 25.4 Å². The number of nitrogens with zero attached hydrogens (tertiary/aromatic N) is 1. The molecule has 6 nitrogen and oxygen atoms in total. The molecule has 2 amide bonds. The Morgan fingerprint density at radius 3 is 2.57 bits per heavy atom. The molecule has 0 aliphatic rings. The molecule has 0 spiro atoms. The number of urea groups is 1. The van der Waals surface area contributed by atoms with Crippen molar-refractivity contribution in [3.8, 4) is 0 Å². The lowest BCUT2D eigenvalue weighted by molar-refractivity contribution is 0.161. The van der Waals surface area contributed by atoms with Crippen molar-refractivity contribution >= 4 is 11.7 Å². The van der Waals surface area contributed by atoms with E-state index in [-0.39, 0.29) is 6.03 Å². The minimum atomic E-state index is -0.504. The van der Waals surface area contributed by atoms with Crippen LogP contribution in [-0.4, -0.2) is 56.4 Å². The highest BCUT2D eigenvalue weighted by Crippen LogP contribution is 2.15. The molecule has 0 aromatic heterocycles. The summed E-state index contributed by atoms with van der Waals surface area (Å²) in [7, 11) is 3.65. The molecule has 0 bridgehead atoms. The molecular formula is C15H25N3O3. The predicted molar refractivity (Wildman–Crippen MR) is 83.5 cm³/mol. The van der Waals surface area contributed by atoms with Crippen LogP contribution in [0.15, 0.2) is 24.3 Å². The second-order valence-corrected chi connectivity index (χ2v) is 4.97. The molecule has 6 heteroatoms. The third-order valence-corrected chi connectivity index (χ3v) is 3.11. The highest BCUT2D eigenvalue weighted by molar-refractivity contribution is 5.89. The van der Waals surface area contributed by atoms with Crippen molar-refractivity contribution in [2.45, 2.75) is 13.0 Å². The molecule has 1 unspecified atom stereocenters. The first-order chi connectivity index (χ1) is 10.0. The van der Waals surface area contributed by atoms with Crippen LogP contribution in [0.25, 0.3) is 0 Å². The van der Waals surface area contributed by atoms with Gasteiger partial charge in [0.15, 0.2) is 0 Å². The predicted octanol–water partition coefficient (Wildman–Crippen LogP) is 1.44. The first-order valence-corrected chi connectivity index (χ1v) is 7.03. The van der Waals surface area contributed by atoms with Crippen molar-refractivity contribution in [1.82, 2.24) is 10.2 Å². The quantitative estimate of drug-likeness (QED) is 0.678. The number of ether oxygens (including phenoxy) is 1. The minimum absolute atomic E-state index is 0.236. The van der Waals surface area contributed by atoms with Crippen LogP contribution in [0.3, 0.4) is 0 Å². The summed E-state index contributed by atoms with van der Waals surface area (Å²) in [6, 6.07) is 6.89. The molecule has 0 heterocycles.